The minimum Gasteiger partial charge on any atom is -0.469 e. The minimum atomic E-state index is 0. The summed E-state index contributed by atoms with van der Waals surface area (Å²) in [6.07, 6.45) is 6.50. The Hall–Kier alpha value is -1.06. The fraction of sp³-hybridized carbons (Fsp3) is 0.588. The van der Waals surface area contributed by atoms with Crippen molar-refractivity contribution >= 4 is 29.9 Å². The van der Waals surface area contributed by atoms with Gasteiger partial charge in [-0.15, -0.1) is 30.6 Å². The van der Waals surface area contributed by atoms with Crippen LogP contribution in [0.5, 0.6) is 0 Å². The molecule has 0 saturated carbocycles. The molecule has 7 heteroatoms. The quantitative estimate of drug-likeness (QED) is 0.189. The summed E-state index contributed by atoms with van der Waals surface area (Å²) in [5.74, 6) is 1.76. The molecule has 0 bridgehead atoms. The summed E-state index contributed by atoms with van der Waals surface area (Å²) in [5.41, 5.74) is 0. The molecule has 1 unspecified atom stereocenters. The summed E-state index contributed by atoms with van der Waals surface area (Å²) in [5, 5.41) is 6.51. The molecule has 0 spiro atoms. The highest BCUT2D eigenvalue weighted by atomic mass is 127. The van der Waals surface area contributed by atoms with Gasteiger partial charge in [-0.2, -0.15) is 0 Å². The second kappa shape index (κ2) is 13.3. The van der Waals surface area contributed by atoms with Crippen LogP contribution < -0.4 is 10.6 Å². The van der Waals surface area contributed by atoms with E-state index in [1.54, 1.807) is 6.26 Å². The summed E-state index contributed by atoms with van der Waals surface area (Å²) >= 11 is 0. The van der Waals surface area contributed by atoms with Crippen molar-refractivity contribution in [2.45, 2.75) is 25.4 Å². The normalized spacial score (nSPS) is 17.3. The number of aliphatic imine (C=N–C) groups is 1. The van der Waals surface area contributed by atoms with E-state index in [0.717, 1.165) is 63.9 Å². The first kappa shape index (κ1) is 21.0. The Morgan fingerprint density at radius 2 is 2.38 bits per heavy atom. The van der Waals surface area contributed by atoms with Gasteiger partial charge in [0.15, 0.2) is 5.96 Å². The molecule has 1 fully saturated rings. The van der Waals surface area contributed by atoms with Gasteiger partial charge in [0.1, 0.15) is 5.76 Å². The number of nitrogens with zero attached hydrogens (tertiary/aromatic N) is 1. The van der Waals surface area contributed by atoms with Crippen LogP contribution in [-0.4, -0.2) is 51.5 Å². The number of furan rings is 1. The molecule has 0 aliphatic carbocycles. The van der Waals surface area contributed by atoms with Crippen LogP contribution in [0.4, 0.5) is 0 Å². The lowest BCUT2D eigenvalue weighted by molar-refractivity contribution is 0.0424. The maximum absolute atomic E-state index is 5.73. The molecule has 2 N–H and O–H groups in total. The Kier molecular flexibility index (Phi) is 11.6. The van der Waals surface area contributed by atoms with Gasteiger partial charge < -0.3 is 24.5 Å². The van der Waals surface area contributed by atoms with Crippen LogP contribution in [0.1, 0.15) is 18.6 Å². The van der Waals surface area contributed by atoms with Crippen LogP contribution in [0.3, 0.4) is 0 Å². The van der Waals surface area contributed by atoms with Gasteiger partial charge >= 0.3 is 0 Å². The first-order valence-electron chi connectivity index (χ1n) is 8.23. The van der Waals surface area contributed by atoms with Crippen molar-refractivity contribution in [1.29, 1.82) is 0 Å². The molecular formula is C17H28IN3O3. The van der Waals surface area contributed by atoms with Gasteiger partial charge in [-0.1, -0.05) is 6.08 Å². The van der Waals surface area contributed by atoms with Crippen molar-refractivity contribution < 1.29 is 13.9 Å². The topological polar surface area (TPSA) is 68.0 Å². The molecular weight excluding hydrogens is 421 g/mol. The molecule has 1 atom stereocenters. The van der Waals surface area contributed by atoms with Crippen molar-refractivity contribution in [3.63, 3.8) is 0 Å². The van der Waals surface area contributed by atoms with Crippen LogP contribution in [0, 0.1) is 0 Å². The van der Waals surface area contributed by atoms with Gasteiger partial charge in [-0.05, 0) is 25.0 Å². The SMILES string of the molecule is C=CCNC(=NCCCOC1CCOC1)NCCc1ccco1.I. The van der Waals surface area contributed by atoms with Crippen molar-refractivity contribution in [2.75, 3.05) is 39.5 Å². The number of guanidine groups is 1. The summed E-state index contributed by atoms with van der Waals surface area (Å²) in [4.78, 5) is 4.55. The Labute approximate surface area is 161 Å². The van der Waals surface area contributed by atoms with Gasteiger partial charge in [0.25, 0.3) is 0 Å². The van der Waals surface area contributed by atoms with E-state index in [2.05, 4.69) is 22.2 Å². The summed E-state index contributed by atoms with van der Waals surface area (Å²) < 4.78 is 16.3. The minimum absolute atomic E-state index is 0. The predicted octanol–water partition coefficient (Wildman–Crippen LogP) is 2.36. The Morgan fingerprint density at radius 1 is 1.46 bits per heavy atom. The number of nitrogens with one attached hydrogen (secondary N) is 2. The van der Waals surface area contributed by atoms with E-state index in [0.29, 0.717) is 6.54 Å². The second-order valence-corrected chi connectivity index (χ2v) is 5.37. The van der Waals surface area contributed by atoms with E-state index >= 15 is 0 Å². The van der Waals surface area contributed by atoms with Crippen molar-refractivity contribution in [2.24, 2.45) is 4.99 Å². The average molecular weight is 449 g/mol. The third-order valence-corrected chi connectivity index (χ3v) is 3.47. The summed E-state index contributed by atoms with van der Waals surface area (Å²) in [6.45, 7) is 8.16. The van der Waals surface area contributed by atoms with Gasteiger partial charge in [-0.25, -0.2) is 0 Å². The molecule has 136 valence electrons. The maximum atomic E-state index is 5.73. The first-order valence-corrected chi connectivity index (χ1v) is 8.23. The molecule has 2 rings (SSSR count). The predicted molar refractivity (Wildman–Crippen MR) is 106 cm³/mol. The number of rotatable bonds is 10. The van der Waals surface area contributed by atoms with E-state index in [1.165, 1.54) is 0 Å². The standard InChI is InChI=1S/C17H27N3O3.HI/c1-2-8-18-17(20-10-6-15-5-3-11-22-15)19-9-4-12-23-16-7-13-21-14-16;/h2-3,5,11,16H,1,4,6-10,12-14H2,(H2,18,19,20);1H. The van der Waals surface area contributed by atoms with Gasteiger partial charge in [0.2, 0.25) is 0 Å². The van der Waals surface area contributed by atoms with E-state index in [-0.39, 0.29) is 30.1 Å². The zero-order chi connectivity index (χ0) is 16.2. The van der Waals surface area contributed by atoms with Gasteiger partial charge in [0, 0.05) is 39.3 Å². The molecule has 2 heterocycles. The zero-order valence-corrected chi connectivity index (χ0v) is 16.4. The van der Waals surface area contributed by atoms with Crippen molar-refractivity contribution in [3.8, 4) is 0 Å². The van der Waals surface area contributed by atoms with Gasteiger partial charge in [-0.3, -0.25) is 4.99 Å². The molecule has 1 aromatic rings. The highest BCUT2D eigenvalue weighted by Gasteiger charge is 2.15. The van der Waals surface area contributed by atoms with Crippen LogP contribution >= 0.6 is 24.0 Å². The second-order valence-electron chi connectivity index (χ2n) is 5.37. The number of hydrogen-bond donors (Lipinski definition) is 2. The van der Waals surface area contributed by atoms with Crippen LogP contribution in [0.2, 0.25) is 0 Å². The summed E-state index contributed by atoms with van der Waals surface area (Å²) in [7, 11) is 0. The molecule has 1 aliphatic heterocycles. The lowest BCUT2D eigenvalue weighted by atomic mass is 10.3. The third kappa shape index (κ3) is 8.70. The third-order valence-electron chi connectivity index (χ3n) is 3.47. The van der Waals surface area contributed by atoms with Crippen LogP contribution in [-0.2, 0) is 15.9 Å². The summed E-state index contributed by atoms with van der Waals surface area (Å²) in [6, 6.07) is 3.87. The monoisotopic (exact) mass is 449 g/mol. The molecule has 1 aliphatic rings. The zero-order valence-electron chi connectivity index (χ0n) is 14.0. The molecule has 0 radical (unpaired) electrons. The first-order chi connectivity index (χ1) is 11.4. The molecule has 6 nitrogen and oxygen atoms in total. The van der Waals surface area contributed by atoms with E-state index in [1.807, 2.05) is 18.2 Å². The Balaban J connectivity index is 0.00000288. The molecule has 0 amide bonds. The van der Waals surface area contributed by atoms with Crippen molar-refractivity contribution in [1.82, 2.24) is 10.6 Å². The molecule has 24 heavy (non-hydrogen) atoms. The molecule has 1 aromatic heterocycles. The smallest absolute Gasteiger partial charge is 0.191 e. The maximum Gasteiger partial charge on any atom is 0.191 e. The largest absolute Gasteiger partial charge is 0.469 e. The average Bonchev–Trinajstić information content (AvgIpc) is 3.25. The fourth-order valence-electron chi connectivity index (χ4n) is 2.25. The Bertz CT molecular complexity index is 460. The van der Waals surface area contributed by atoms with E-state index in [4.69, 9.17) is 13.9 Å². The lowest BCUT2D eigenvalue weighted by Crippen LogP contribution is -2.38. The van der Waals surface area contributed by atoms with Crippen molar-refractivity contribution in [3.05, 3.63) is 36.8 Å². The van der Waals surface area contributed by atoms with E-state index in [9.17, 15) is 0 Å². The number of hydrogen-bond acceptors (Lipinski definition) is 4. The number of ether oxygens (including phenoxy) is 2. The highest BCUT2D eigenvalue weighted by Crippen LogP contribution is 2.08. The van der Waals surface area contributed by atoms with Crippen LogP contribution in [0.25, 0.3) is 0 Å². The Morgan fingerprint density at radius 3 is 3.08 bits per heavy atom. The number of halogens is 1. The highest BCUT2D eigenvalue weighted by molar-refractivity contribution is 14.0. The lowest BCUT2D eigenvalue weighted by Gasteiger charge is -2.11. The van der Waals surface area contributed by atoms with Crippen LogP contribution in [0.15, 0.2) is 40.5 Å². The molecule has 0 aromatic carbocycles. The fourth-order valence-corrected chi connectivity index (χ4v) is 2.25. The molecule has 1 saturated heterocycles. The van der Waals surface area contributed by atoms with E-state index < -0.39 is 0 Å². The van der Waals surface area contributed by atoms with Gasteiger partial charge in [0.05, 0.1) is 19.0 Å².